The van der Waals surface area contributed by atoms with E-state index in [-0.39, 0.29) is 5.54 Å². The van der Waals surface area contributed by atoms with Gasteiger partial charge in [-0.25, -0.2) is 4.98 Å². The highest BCUT2D eigenvalue weighted by Crippen LogP contribution is 2.55. The van der Waals surface area contributed by atoms with Crippen molar-refractivity contribution in [3.8, 4) is 11.3 Å². The van der Waals surface area contributed by atoms with Crippen molar-refractivity contribution >= 4 is 5.82 Å². The van der Waals surface area contributed by atoms with E-state index in [2.05, 4.69) is 141 Å². The zero-order valence-corrected chi connectivity index (χ0v) is 25.5. The van der Waals surface area contributed by atoms with Gasteiger partial charge in [0.15, 0.2) is 0 Å². The fourth-order valence-corrected chi connectivity index (χ4v) is 7.97. The molecule has 2 saturated heterocycles. The Morgan fingerprint density at radius 3 is 1.81 bits per heavy atom. The van der Waals surface area contributed by atoms with E-state index >= 15 is 0 Å². The monoisotopic (exact) mass is 565 g/mol. The number of nitrogens with zero attached hydrogens (tertiary/aromatic N) is 4. The Morgan fingerprint density at radius 2 is 1.28 bits per heavy atom. The minimum Gasteiger partial charge on any atom is -0.281 e. The van der Waals surface area contributed by atoms with Crippen molar-refractivity contribution in [3.63, 3.8) is 0 Å². The highest BCUT2D eigenvalue weighted by Gasteiger charge is 2.55. The second kappa shape index (κ2) is 11.2. The minimum absolute atomic E-state index is 0.378. The van der Waals surface area contributed by atoms with Gasteiger partial charge in [-0.3, -0.25) is 14.4 Å². The zero-order valence-electron chi connectivity index (χ0n) is 25.5. The molecule has 5 aromatic rings. The number of quaternary nitrogens is 1. The molecule has 2 fully saturated rings. The molecular formula is C39H41N4+. The SMILES string of the molecule is C[N+](C)(C)c1ncccc1-c1ccc(C2CC3CCCC2N3C(c2ccccc2)(c2ccccc2)c2ccccc2)cn1. The molecule has 4 nitrogen and oxygen atoms in total. The number of rotatable bonds is 7. The number of pyridine rings is 2. The average molecular weight is 566 g/mol. The Kier molecular flexibility index (Phi) is 7.20. The number of piperidine rings is 1. The van der Waals surface area contributed by atoms with Crippen LogP contribution in [0.15, 0.2) is 128 Å². The standard InChI is InChI=1S/C39H41N4/c1-43(2,3)38-34(22-14-26-40-38)36-25-24-29(28-41-36)35-27-33-21-13-23-37(35)42(33)39(30-15-7-4-8-16-30,31-17-9-5-10-18-31)32-19-11-6-12-20-32/h4-12,14-20,22,24-26,28,33,35,37H,13,21,23,27H2,1-3H3/q+1. The summed E-state index contributed by atoms with van der Waals surface area (Å²) in [6.07, 6.45) is 8.85. The maximum atomic E-state index is 5.08. The van der Waals surface area contributed by atoms with E-state index < -0.39 is 0 Å². The summed E-state index contributed by atoms with van der Waals surface area (Å²) in [7, 11) is 6.48. The van der Waals surface area contributed by atoms with E-state index in [1.165, 1.54) is 41.5 Å². The number of fused-ring (bicyclic) bond motifs is 2. The average Bonchev–Trinajstić information content (AvgIpc) is 3.26. The van der Waals surface area contributed by atoms with Crippen LogP contribution in [0.25, 0.3) is 11.3 Å². The molecule has 0 aliphatic carbocycles. The molecule has 0 N–H and O–H groups in total. The molecule has 2 aliphatic rings. The van der Waals surface area contributed by atoms with Gasteiger partial charge in [0.2, 0.25) is 5.82 Å². The lowest BCUT2D eigenvalue weighted by Gasteiger charge is -2.51. The Hall–Kier alpha value is -4.12. The fraction of sp³-hybridized carbons (Fsp3) is 0.282. The van der Waals surface area contributed by atoms with Crippen LogP contribution in [0, 0.1) is 0 Å². The van der Waals surface area contributed by atoms with Crippen LogP contribution in [-0.2, 0) is 5.54 Å². The Bertz CT molecular complexity index is 1560. The molecule has 43 heavy (non-hydrogen) atoms. The second-order valence-corrected chi connectivity index (χ2v) is 13.1. The fourth-order valence-electron chi connectivity index (χ4n) is 7.97. The number of hydrogen-bond donors (Lipinski definition) is 0. The molecule has 3 atom stereocenters. The molecule has 3 aromatic carbocycles. The molecule has 2 aromatic heterocycles. The normalized spacial score (nSPS) is 20.7. The van der Waals surface area contributed by atoms with Crippen molar-refractivity contribution in [2.75, 3.05) is 21.1 Å². The first kappa shape index (κ1) is 27.7. The van der Waals surface area contributed by atoms with E-state index in [0.29, 0.717) is 22.5 Å². The smallest absolute Gasteiger partial charge is 0.236 e. The van der Waals surface area contributed by atoms with Gasteiger partial charge < -0.3 is 0 Å². The Labute approximate surface area is 256 Å². The summed E-state index contributed by atoms with van der Waals surface area (Å²) in [4.78, 5) is 12.7. The van der Waals surface area contributed by atoms with Crippen molar-refractivity contribution in [1.82, 2.24) is 19.4 Å². The third-order valence-electron chi connectivity index (χ3n) is 9.65. The molecule has 4 heterocycles. The van der Waals surface area contributed by atoms with Crippen LogP contribution in [0.2, 0.25) is 0 Å². The Morgan fingerprint density at radius 1 is 0.674 bits per heavy atom. The summed E-state index contributed by atoms with van der Waals surface area (Å²) < 4.78 is 0.654. The quantitative estimate of drug-likeness (QED) is 0.148. The van der Waals surface area contributed by atoms with E-state index in [9.17, 15) is 0 Å². The lowest BCUT2D eigenvalue weighted by molar-refractivity contribution is 0.0537. The maximum absolute atomic E-state index is 5.08. The molecule has 2 aliphatic heterocycles. The van der Waals surface area contributed by atoms with Crippen LogP contribution >= 0.6 is 0 Å². The molecule has 2 bridgehead atoms. The summed E-state index contributed by atoms with van der Waals surface area (Å²) in [6, 6.07) is 43.2. The molecule has 3 unspecified atom stereocenters. The Balaban J connectivity index is 1.34. The van der Waals surface area contributed by atoms with Gasteiger partial charge in [-0.2, -0.15) is 0 Å². The first-order chi connectivity index (χ1) is 21.0. The van der Waals surface area contributed by atoms with Crippen molar-refractivity contribution < 1.29 is 0 Å². The number of aromatic nitrogens is 2. The van der Waals surface area contributed by atoms with Crippen molar-refractivity contribution in [2.45, 2.75) is 49.2 Å². The number of benzene rings is 3. The lowest BCUT2D eigenvalue weighted by atomic mass is 9.73. The highest BCUT2D eigenvalue weighted by molar-refractivity contribution is 5.71. The van der Waals surface area contributed by atoms with Gasteiger partial charge in [-0.15, -0.1) is 0 Å². The van der Waals surface area contributed by atoms with Crippen molar-refractivity contribution in [2.24, 2.45) is 0 Å². The van der Waals surface area contributed by atoms with Gasteiger partial charge in [0.05, 0.1) is 37.9 Å². The van der Waals surface area contributed by atoms with E-state index in [4.69, 9.17) is 9.97 Å². The van der Waals surface area contributed by atoms with Crippen LogP contribution in [-0.4, -0.2) is 48.1 Å². The first-order valence-corrected chi connectivity index (χ1v) is 15.7. The summed E-state index contributed by atoms with van der Waals surface area (Å²) in [5.74, 6) is 1.46. The lowest BCUT2D eigenvalue weighted by Crippen LogP contribution is -2.56. The van der Waals surface area contributed by atoms with Crippen molar-refractivity contribution in [3.05, 3.63) is 150 Å². The van der Waals surface area contributed by atoms with Gasteiger partial charge in [-0.1, -0.05) is 103 Å². The van der Waals surface area contributed by atoms with Gasteiger partial charge in [0.1, 0.15) is 0 Å². The molecule has 0 radical (unpaired) electrons. The molecule has 216 valence electrons. The molecule has 4 heteroatoms. The van der Waals surface area contributed by atoms with E-state index in [1.807, 2.05) is 12.3 Å². The topological polar surface area (TPSA) is 29.0 Å². The van der Waals surface area contributed by atoms with E-state index in [0.717, 1.165) is 23.5 Å². The molecular weight excluding hydrogens is 524 g/mol. The van der Waals surface area contributed by atoms with Gasteiger partial charge >= 0.3 is 0 Å². The zero-order chi connectivity index (χ0) is 29.4. The summed E-state index contributed by atoms with van der Waals surface area (Å²) in [6.45, 7) is 0. The maximum Gasteiger partial charge on any atom is 0.236 e. The summed E-state index contributed by atoms with van der Waals surface area (Å²) in [5, 5.41) is 0. The third kappa shape index (κ3) is 4.79. The predicted molar refractivity (Wildman–Crippen MR) is 177 cm³/mol. The van der Waals surface area contributed by atoms with Crippen LogP contribution in [0.3, 0.4) is 0 Å². The largest absolute Gasteiger partial charge is 0.281 e. The highest BCUT2D eigenvalue weighted by atomic mass is 15.3. The second-order valence-electron chi connectivity index (χ2n) is 13.1. The first-order valence-electron chi connectivity index (χ1n) is 15.7. The summed E-state index contributed by atoms with van der Waals surface area (Å²) >= 11 is 0. The van der Waals surface area contributed by atoms with Gasteiger partial charge in [0, 0.05) is 30.4 Å². The van der Waals surface area contributed by atoms with Crippen LogP contribution in [0.4, 0.5) is 5.82 Å². The predicted octanol–water partition coefficient (Wildman–Crippen LogP) is 8.04. The van der Waals surface area contributed by atoms with Crippen LogP contribution < -0.4 is 4.48 Å². The van der Waals surface area contributed by atoms with Crippen molar-refractivity contribution in [1.29, 1.82) is 0 Å². The third-order valence-corrected chi connectivity index (χ3v) is 9.65. The minimum atomic E-state index is -0.378. The van der Waals surface area contributed by atoms with Crippen LogP contribution in [0.5, 0.6) is 0 Å². The molecule has 0 spiro atoms. The molecule has 7 rings (SSSR count). The molecule has 0 saturated carbocycles. The van der Waals surface area contributed by atoms with Gasteiger partial charge in [0.25, 0.3) is 0 Å². The summed E-state index contributed by atoms with van der Waals surface area (Å²) in [5.41, 5.74) is 7.07. The van der Waals surface area contributed by atoms with E-state index in [1.54, 1.807) is 0 Å². The molecule has 0 amide bonds. The van der Waals surface area contributed by atoms with Crippen LogP contribution in [0.1, 0.15) is 53.9 Å². The van der Waals surface area contributed by atoms with Gasteiger partial charge in [-0.05, 0) is 59.7 Å². The number of hydrogen-bond acceptors (Lipinski definition) is 3.